The van der Waals surface area contributed by atoms with Crippen molar-refractivity contribution in [1.82, 2.24) is 5.32 Å². The van der Waals surface area contributed by atoms with Crippen molar-refractivity contribution >= 4 is 11.6 Å². The molecule has 0 saturated carbocycles. The van der Waals surface area contributed by atoms with Crippen LogP contribution in [0.5, 0.6) is 0 Å². The molecule has 1 N–H and O–H groups in total. The van der Waals surface area contributed by atoms with Crippen molar-refractivity contribution in [3.63, 3.8) is 0 Å². The number of nitrogens with one attached hydrogen (secondary N) is 1. The second-order valence-corrected chi connectivity index (χ2v) is 5.26. The zero-order valence-electron chi connectivity index (χ0n) is 11.6. The molecular formula is C16H16ClF2N. The Kier molecular flexibility index (Phi) is 4.41. The van der Waals surface area contributed by atoms with Crippen LogP contribution >= 0.6 is 11.6 Å². The predicted molar refractivity (Wildman–Crippen MR) is 78.2 cm³/mol. The summed E-state index contributed by atoms with van der Waals surface area (Å²) in [5.41, 5.74) is 3.64. The SMILES string of the molecule is CNC(c1ccc(F)c(F)c1)c1cc(C)c(Cl)cc1C. The van der Waals surface area contributed by atoms with E-state index in [-0.39, 0.29) is 6.04 Å². The Hall–Kier alpha value is -1.45. The van der Waals surface area contributed by atoms with Crippen LogP contribution in [0, 0.1) is 25.5 Å². The highest BCUT2D eigenvalue weighted by atomic mass is 35.5. The normalized spacial score (nSPS) is 12.5. The van der Waals surface area contributed by atoms with Gasteiger partial charge in [-0.3, -0.25) is 0 Å². The van der Waals surface area contributed by atoms with Crippen molar-refractivity contribution in [3.05, 3.63) is 69.2 Å². The number of rotatable bonds is 3. The Morgan fingerprint density at radius 3 is 2.30 bits per heavy atom. The number of hydrogen-bond donors (Lipinski definition) is 1. The molecule has 0 aliphatic heterocycles. The lowest BCUT2D eigenvalue weighted by molar-refractivity contribution is 0.505. The number of hydrogen-bond acceptors (Lipinski definition) is 1. The first-order valence-corrected chi connectivity index (χ1v) is 6.70. The third kappa shape index (κ3) is 2.84. The molecule has 0 bridgehead atoms. The fourth-order valence-corrected chi connectivity index (χ4v) is 2.53. The molecule has 0 saturated heterocycles. The Balaban J connectivity index is 2.52. The van der Waals surface area contributed by atoms with E-state index in [2.05, 4.69) is 5.32 Å². The Labute approximate surface area is 122 Å². The molecule has 20 heavy (non-hydrogen) atoms. The van der Waals surface area contributed by atoms with E-state index in [1.807, 2.05) is 26.0 Å². The summed E-state index contributed by atoms with van der Waals surface area (Å²) >= 11 is 6.10. The van der Waals surface area contributed by atoms with Gasteiger partial charge in [-0.05, 0) is 61.3 Å². The van der Waals surface area contributed by atoms with Gasteiger partial charge < -0.3 is 5.32 Å². The van der Waals surface area contributed by atoms with Crippen LogP contribution in [0.25, 0.3) is 0 Å². The van der Waals surface area contributed by atoms with Gasteiger partial charge in [-0.15, -0.1) is 0 Å². The third-order valence-corrected chi connectivity index (χ3v) is 3.83. The summed E-state index contributed by atoms with van der Waals surface area (Å²) in [6.45, 7) is 3.87. The minimum Gasteiger partial charge on any atom is -0.309 e. The van der Waals surface area contributed by atoms with Gasteiger partial charge >= 0.3 is 0 Å². The van der Waals surface area contributed by atoms with Gasteiger partial charge in [-0.2, -0.15) is 0 Å². The lowest BCUT2D eigenvalue weighted by atomic mass is 9.93. The Morgan fingerprint density at radius 1 is 1.00 bits per heavy atom. The van der Waals surface area contributed by atoms with E-state index in [1.165, 1.54) is 6.07 Å². The van der Waals surface area contributed by atoms with Crippen molar-refractivity contribution in [2.45, 2.75) is 19.9 Å². The minimum absolute atomic E-state index is 0.207. The molecule has 2 aromatic carbocycles. The average Bonchev–Trinajstić information content (AvgIpc) is 2.40. The maximum absolute atomic E-state index is 13.4. The van der Waals surface area contributed by atoms with Crippen LogP contribution < -0.4 is 5.32 Å². The second-order valence-electron chi connectivity index (χ2n) is 4.85. The van der Waals surface area contributed by atoms with Crippen LogP contribution in [0.15, 0.2) is 30.3 Å². The quantitative estimate of drug-likeness (QED) is 0.876. The highest BCUT2D eigenvalue weighted by molar-refractivity contribution is 6.31. The lowest BCUT2D eigenvalue weighted by Crippen LogP contribution is -2.19. The van der Waals surface area contributed by atoms with E-state index in [0.717, 1.165) is 22.8 Å². The fraction of sp³-hybridized carbons (Fsp3) is 0.250. The molecule has 2 rings (SSSR count). The van der Waals surface area contributed by atoms with Crippen molar-refractivity contribution in [1.29, 1.82) is 0 Å². The van der Waals surface area contributed by atoms with Crippen LogP contribution in [0.3, 0.4) is 0 Å². The summed E-state index contributed by atoms with van der Waals surface area (Å²) in [5.74, 6) is -1.68. The largest absolute Gasteiger partial charge is 0.309 e. The molecule has 1 atom stereocenters. The predicted octanol–water partition coefficient (Wildman–Crippen LogP) is 4.54. The summed E-state index contributed by atoms with van der Waals surface area (Å²) in [7, 11) is 1.79. The van der Waals surface area contributed by atoms with E-state index in [9.17, 15) is 8.78 Å². The molecular weight excluding hydrogens is 280 g/mol. The fourth-order valence-electron chi connectivity index (χ4n) is 2.31. The van der Waals surface area contributed by atoms with Crippen LogP contribution in [0.1, 0.15) is 28.3 Å². The van der Waals surface area contributed by atoms with Crippen molar-refractivity contribution in [2.75, 3.05) is 7.05 Å². The number of halogens is 3. The molecule has 1 nitrogen and oxygen atoms in total. The summed E-state index contributed by atoms with van der Waals surface area (Å²) in [6, 6.07) is 7.60. The zero-order chi connectivity index (χ0) is 14.9. The first-order chi connectivity index (χ1) is 9.43. The maximum Gasteiger partial charge on any atom is 0.159 e. The molecule has 0 heterocycles. The molecule has 0 spiro atoms. The highest BCUT2D eigenvalue weighted by Gasteiger charge is 2.17. The first-order valence-electron chi connectivity index (χ1n) is 6.33. The van der Waals surface area contributed by atoms with E-state index in [0.29, 0.717) is 10.6 Å². The van der Waals surface area contributed by atoms with Gasteiger partial charge in [0.15, 0.2) is 11.6 Å². The van der Waals surface area contributed by atoms with Gasteiger partial charge in [0.2, 0.25) is 0 Å². The smallest absolute Gasteiger partial charge is 0.159 e. The molecule has 4 heteroatoms. The molecule has 0 fully saturated rings. The molecule has 0 aliphatic carbocycles. The van der Waals surface area contributed by atoms with E-state index < -0.39 is 11.6 Å². The second kappa shape index (κ2) is 5.90. The van der Waals surface area contributed by atoms with Gasteiger partial charge in [0.1, 0.15) is 0 Å². The molecule has 0 amide bonds. The average molecular weight is 296 g/mol. The van der Waals surface area contributed by atoms with Gasteiger partial charge in [0.25, 0.3) is 0 Å². The van der Waals surface area contributed by atoms with Crippen molar-refractivity contribution in [3.8, 4) is 0 Å². The highest BCUT2D eigenvalue weighted by Crippen LogP contribution is 2.29. The van der Waals surface area contributed by atoms with Crippen molar-refractivity contribution in [2.24, 2.45) is 0 Å². The summed E-state index contributed by atoms with van der Waals surface area (Å²) in [6.07, 6.45) is 0. The van der Waals surface area contributed by atoms with Gasteiger partial charge in [0.05, 0.1) is 6.04 Å². The summed E-state index contributed by atoms with van der Waals surface area (Å²) in [4.78, 5) is 0. The molecule has 1 unspecified atom stereocenters. The minimum atomic E-state index is -0.842. The summed E-state index contributed by atoms with van der Waals surface area (Å²) in [5, 5.41) is 3.84. The van der Waals surface area contributed by atoms with Gasteiger partial charge in [-0.25, -0.2) is 8.78 Å². The van der Waals surface area contributed by atoms with Crippen LogP contribution in [-0.2, 0) is 0 Å². The zero-order valence-corrected chi connectivity index (χ0v) is 12.4. The summed E-state index contributed by atoms with van der Waals surface area (Å²) < 4.78 is 26.5. The topological polar surface area (TPSA) is 12.0 Å². The first kappa shape index (κ1) is 14.9. The van der Waals surface area contributed by atoms with Crippen LogP contribution in [-0.4, -0.2) is 7.05 Å². The lowest BCUT2D eigenvalue weighted by Gasteiger charge is -2.20. The molecule has 2 aromatic rings. The van der Waals surface area contributed by atoms with Gasteiger partial charge in [0, 0.05) is 5.02 Å². The molecule has 0 radical (unpaired) electrons. The third-order valence-electron chi connectivity index (χ3n) is 3.42. The molecule has 106 valence electrons. The maximum atomic E-state index is 13.4. The van der Waals surface area contributed by atoms with E-state index >= 15 is 0 Å². The standard InChI is InChI=1S/C16H16ClF2N/c1-9-7-13(17)10(2)6-12(9)16(20-3)11-4-5-14(18)15(19)8-11/h4-8,16,20H,1-3H3. The monoisotopic (exact) mass is 295 g/mol. The van der Waals surface area contributed by atoms with E-state index in [1.54, 1.807) is 13.1 Å². The van der Waals surface area contributed by atoms with Crippen molar-refractivity contribution < 1.29 is 8.78 Å². The van der Waals surface area contributed by atoms with Crippen LogP contribution in [0.2, 0.25) is 5.02 Å². The Bertz CT molecular complexity index is 641. The van der Waals surface area contributed by atoms with Crippen LogP contribution in [0.4, 0.5) is 8.78 Å². The van der Waals surface area contributed by atoms with Gasteiger partial charge in [-0.1, -0.05) is 23.7 Å². The molecule has 0 aromatic heterocycles. The Morgan fingerprint density at radius 2 is 1.70 bits per heavy atom. The number of aryl methyl sites for hydroxylation is 2. The van der Waals surface area contributed by atoms with E-state index in [4.69, 9.17) is 11.6 Å². The number of benzene rings is 2. The molecule has 0 aliphatic rings.